The van der Waals surface area contributed by atoms with Crippen molar-refractivity contribution in [3.63, 3.8) is 0 Å². The third-order valence-corrected chi connectivity index (χ3v) is 9.53. The Kier molecular flexibility index (Phi) is 11.8. The van der Waals surface area contributed by atoms with E-state index >= 15 is 0 Å². The monoisotopic (exact) mass is 619 g/mol. The van der Waals surface area contributed by atoms with E-state index in [2.05, 4.69) is 15.2 Å². The number of aliphatic hydroxyl groups is 1. The maximum atomic E-state index is 14.7. The van der Waals surface area contributed by atoms with Crippen LogP contribution >= 0.6 is 0 Å². The third kappa shape index (κ3) is 9.13. The summed E-state index contributed by atoms with van der Waals surface area (Å²) >= 11 is 0. The molecule has 0 unspecified atom stereocenters. The first kappa shape index (κ1) is 34.6. The van der Waals surface area contributed by atoms with Gasteiger partial charge in [-0.1, -0.05) is 69.5 Å². The molecular weight excluding hydrogens is 566 g/mol. The highest BCUT2D eigenvalue weighted by atomic mass is 16.3. The summed E-state index contributed by atoms with van der Waals surface area (Å²) in [4.78, 5) is 49.3. The Balaban J connectivity index is 1.57. The smallest absolute Gasteiger partial charge is 0.252 e. The number of aliphatic hydroxyl groups excluding tert-OH is 1. The van der Waals surface area contributed by atoms with Gasteiger partial charge in [-0.05, 0) is 81.9 Å². The number of carbonyl (C=O) groups excluding carboxylic acids is 3. The van der Waals surface area contributed by atoms with Crippen molar-refractivity contribution >= 4 is 23.5 Å². The molecule has 9 nitrogen and oxygen atoms in total. The van der Waals surface area contributed by atoms with E-state index in [4.69, 9.17) is 5.73 Å². The van der Waals surface area contributed by atoms with Gasteiger partial charge in [0.2, 0.25) is 11.8 Å². The summed E-state index contributed by atoms with van der Waals surface area (Å²) < 4.78 is 0. The highest BCUT2D eigenvalue weighted by molar-refractivity contribution is 6.02. The molecule has 2 heterocycles. The topological polar surface area (TPSA) is 129 Å². The number of anilines is 1. The standard InChI is InChI=1S/C36H53N5O4/c1-24(2)32(39-31-17-11-12-18-38-31)35(45)41(36(3,4)5)34(44)30-21-26-15-9-10-16-27(26)22-40(30)23-29(42)20-28(33(37)43)19-25-13-7-6-8-14-25/h6-8,11-14,17-18,24,26-30,32,42H,9-10,15-16,19-23H2,1-5H3,(H2,37,43)(H,38,39)/t26-,27+,28+,29-,30-,32-/m0/s1. The molecule has 0 radical (unpaired) electrons. The predicted octanol–water partition coefficient (Wildman–Crippen LogP) is 4.65. The Hall–Kier alpha value is -3.30. The number of nitrogens with one attached hydrogen (secondary N) is 1. The molecule has 2 fully saturated rings. The molecular formula is C36H53N5O4. The van der Waals surface area contributed by atoms with Crippen LogP contribution in [0.4, 0.5) is 5.82 Å². The molecule has 1 aliphatic carbocycles. The van der Waals surface area contributed by atoms with Crippen LogP contribution in [0.3, 0.4) is 0 Å². The van der Waals surface area contributed by atoms with E-state index in [-0.39, 0.29) is 30.7 Å². The van der Waals surface area contributed by atoms with Crippen LogP contribution in [0.1, 0.15) is 78.7 Å². The summed E-state index contributed by atoms with van der Waals surface area (Å²) in [6.45, 7) is 10.5. The Morgan fingerprint density at radius 2 is 1.71 bits per heavy atom. The van der Waals surface area contributed by atoms with Crippen molar-refractivity contribution in [3.05, 3.63) is 60.3 Å². The molecule has 1 aliphatic heterocycles. The summed E-state index contributed by atoms with van der Waals surface area (Å²) in [5, 5.41) is 14.6. The number of amides is 3. The number of rotatable bonds is 12. The summed E-state index contributed by atoms with van der Waals surface area (Å²) in [6.07, 6.45) is 6.62. The van der Waals surface area contributed by atoms with E-state index in [9.17, 15) is 19.5 Å². The molecule has 6 atom stereocenters. The van der Waals surface area contributed by atoms with E-state index in [1.165, 1.54) is 11.3 Å². The first-order chi connectivity index (χ1) is 21.3. The van der Waals surface area contributed by atoms with Crippen LogP contribution in [-0.2, 0) is 20.8 Å². The van der Waals surface area contributed by atoms with Gasteiger partial charge in [-0.15, -0.1) is 0 Å². The van der Waals surface area contributed by atoms with Crippen molar-refractivity contribution in [3.8, 4) is 0 Å². The molecule has 0 bridgehead atoms. The van der Waals surface area contributed by atoms with Gasteiger partial charge in [-0.3, -0.25) is 24.2 Å². The number of aromatic nitrogens is 1. The number of imide groups is 1. The number of β-amino-alcohol motifs (C(OH)–C–C–N with tert-alkyl or cyclic N) is 1. The van der Waals surface area contributed by atoms with Crippen LogP contribution in [0.25, 0.3) is 0 Å². The van der Waals surface area contributed by atoms with Crippen molar-refractivity contribution in [2.45, 2.75) is 103 Å². The van der Waals surface area contributed by atoms with Crippen LogP contribution in [0.5, 0.6) is 0 Å². The lowest BCUT2D eigenvalue weighted by atomic mass is 9.72. The van der Waals surface area contributed by atoms with Crippen molar-refractivity contribution in [1.29, 1.82) is 0 Å². The number of hydrogen-bond acceptors (Lipinski definition) is 7. The quantitative estimate of drug-likeness (QED) is 0.316. The largest absolute Gasteiger partial charge is 0.392 e. The molecule has 9 heteroatoms. The summed E-state index contributed by atoms with van der Waals surface area (Å²) in [6, 6.07) is 14.0. The number of benzene rings is 1. The molecule has 1 saturated heterocycles. The maximum Gasteiger partial charge on any atom is 0.252 e. The maximum absolute atomic E-state index is 14.7. The van der Waals surface area contributed by atoms with Crippen molar-refractivity contribution in [2.24, 2.45) is 29.4 Å². The van der Waals surface area contributed by atoms with E-state index in [1.807, 2.05) is 83.1 Å². The molecule has 4 N–H and O–H groups in total. The molecule has 4 rings (SSSR count). The molecule has 1 aromatic heterocycles. The SMILES string of the molecule is CC(C)[C@H](Nc1ccccn1)C(=O)N(C(=O)[C@@H]1C[C@@H]2CCCC[C@@H]2CN1C[C@@H](O)C[C@@H](Cc1ccccc1)C(N)=O)C(C)(C)C. The fourth-order valence-corrected chi connectivity index (χ4v) is 7.21. The van der Waals surface area contributed by atoms with Crippen LogP contribution in [0.15, 0.2) is 54.7 Å². The Labute approximate surface area is 269 Å². The molecule has 45 heavy (non-hydrogen) atoms. The number of carbonyl (C=O) groups is 3. The lowest BCUT2D eigenvalue weighted by Crippen LogP contribution is -2.63. The van der Waals surface area contributed by atoms with Gasteiger partial charge in [0, 0.05) is 30.7 Å². The van der Waals surface area contributed by atoms with Gasteiger partial charge in [-0.25, -0.2) is 4.98 Å². The number of piperidine rings is 1. The summed E-state index contributed by atoms with van der Waals surface area (Å²) in [5.41, 5.74) is 6.00. The van der Waals surface area contributed by atoms with Crippen LogP contribution in [0, 0.1) is 23.7 Å². The van der Waals surface area contributed by atoms with Crippen LogP contribution < -0.4 is 11.1 Å². The highest BCUT2D eigenvalue weighted by Crippen LogP contribution is 2.40. The fraction of sp³-hybridized carbons (Fsp3) is 0.611. The lowest BCUT2D eigenvalue weighted by Gasteiger charge is -2.48. The van der Waals surface area contributed by atoms with Gasteiger partial charge in [0.25, 0.3) is 5.91 Å². The summed E-state index contributed by atoms with van der Waals surface area (Å²) in [7, 11) is 0. The van der Waals surface area contributed by atoms with E-state index in [1.54, 1.807) is 6.20 Å². The Morgan fingerprint density at radius 1 is 1.04 bits per heavy atom. The predicted molar refractivity (Wildman–Crippen MR) is 177 cm³/mol. The van der Waals surface area contributed by atoms with Crippen LogP contribution in [0.2, 0.25) is 0 Å². The van der Waals surface area contributed by atoms with E-state index in [0.717, 1.165) is 24.8 Å². The normalized spacial score (nSPS) is 22.6. The highest BCUT2D eigenvalue weighted by Gasteiger charge is 2.46. The molecule has 3 amide bonds. The summed E-state index contributed by atoms with van der Waals surface area (Å²) in [5.74, 6) is -0.148. The number of pyridine rings is 1. The van der Waals surface area contributed by atoms with Gasteiger partial charge in [-0.2, -0.15) is 0 Å². The number of hydrogen-bond donors (Lipinski definition) is 3. The van der Waals surface area contributed by atoms with Gasteiger partial charge in [0.1, 0.15) is 11.9 Å². The first-order valence-corrected chi connectivity index (χ1v) is 16.7. The average molecular weight is 620 g/mol. The second-order valence-corrected chi connectivity index (χ2v) is 14.5. The number of fused-ring (bicyclic) bond motifs is 1. The molecule has 2 aliphatic rings. The lowest BCUT2D eigenvalue weighted by molar-refractivity contribution is -0.158. The Bertz CT molecular complexity index is 1270. The zero-order valence-electron chi connectivity index (χ0n) is 27.7. The number of nitrogens with two attached hydrogens (primary N) is 1. The minimum atomic E-state index is -0.852. The van der Waals surface area contributed by atoms with Gasteiger partial charge in [0.15, 0.2) is 0 Å². The minimum absolute atomic E-state index is 0.0977. The van der Waals surface area contributed by atoms with E-state index < -0.39 is 35.6 Å². The second-order valence-electron chi connectivity index (χ2n) is 14.5. The number of likely N-dealkylation sites (tertiary alicyclic amines) is 1. The van der Waals surface area contributed by atoms with Crippen molar-refractivity contribution < 1.29 is 19.5 Å². The molecule has 1 aromatic carbocycles. The van der Waals surface area contributed by atoms with Crippen molar-refractivity contribution in [2.75, 3.05) is 18.4 Å². The molecule has 0 spiro atoms. The zero-order chi connectivity index (χ0) is 32.7. The fourth-order valence-electron chi connectivity index (χ4n) is 7.21. The van der Waals surface area contributed by atoms with Gasteiger partial charge < -0.3 is 16.2 Å². The average Bonchev–Trinajstić information content (AvgIpc) is 2.99. The molecule has 246 valence electrons. The number of nitrogens with zero attached hydrogens (tertiary/aromatic N) is 3. The molecule has 2 aromatic rings. The minimum Gasteiger partial charge on any atom is -0.392 e. The zero-order valence-corrected chi connectivity index (χ0v) is 27.7. The third-order valence-electron chi connectivity index (χ3n) is 9.53. The number of primary amides is 1. The molecule has 1 saturated carbocycles. The second kappa shape index (κ2) is 15.3. The van der Waals surface area contributed by atoms with E-state index in [0.29, 0.717) is 37.0 Å². The first-order valence-electron chi connectivity index (χ1n) is 16.7. The Morgan fingerprint density at radius 3 is 2.31 bits per heavy atom. The van der Waals surface area contributed by atoms with Crippen molar-refractivity contribution in [1.82, 2.24) is 14.8 Å². The van der Waals surface area contributed by atoms with Gasteiger partial charge in [0.05, 0.1) is 12.1 Å². The van der Waals surface area contributed by atoms with Gasteiger partial charge >= 0.3 is 0 Å². The van der Waals surface area contributed by atoms with Crippen LogP contribution in [-0.4, -0.2) is 74.4 Å².